The molecule has 0 unspecified atom stereocenters. The highest BCUT2D eigenvalue weighted by Gasteiger charge is 2.08. The normalized spacial score (nSPS) is 9.65. The van der Waals surface area contributed by atoms with E-state index in [1.807, 2.05) is 30.3 Å². The molecule has 0 saturated carbocycles. The van der Waals surface area contributed by atoms with Crippen molar-refractivity contribution in [2.45, 2.75) is 26.2 Å². The van der Waals surface area contributed by atoms with Crippen molar-refractivity contribution in [3.8, 4) is 0 Å². The van der Waals surface area contributed by atoms with Crippen molar-refractivity contribution in [3.05, 3.63) is 35.9 Å². The quantitative estimate of drug-likeness (QED) is 0.593. The summed E-state index contributed by atoms with van der Waals surface area (Å²) >= 11 is 0. The lowest BCUT2D eigenvalue weighted by Crippen LogP contribution is -2.42. The number of hydrogen-bond donors (Lipinski definition) is 2. The predicted octanol–water partition coefficient (Wildman–Crippen LogP) is 0.720. The second kappa shape index (κ2) is 8.68. The summed E-state index contributed by atoms with van der Waals surface area (Å²) in [6, 6.07) is 9.17. The van der Waals surface area contributed by atoms with Gasteiger partial charge in [0.15, 0.2) is 0 Å². The summed E-state index contributed by atoms with van der Waals surface area (Å²) in [6.07, 6.45) is 0.150. The molecule has 0 radical (unpaired) electrons. The van der Waals surface area contributed by atoms with Gasteiger partial charge in [0.2, 0.25) is 11.8 Å². The Morgan fingerprint density at radius 3 is 2.30 bits per heavy atom. The zero-order chi connectivity index (χ0) is 14.8. The summed E-state index contributed by atoms with van der Waals surface area (Å²) in [4.78, 5) is 34.0. The minimum absolute atomic E-state index is 0.00573. The summed E-state index contributed by atoms with van der Waals surface area (Å²) in [5.74, 6) is -1.18. The van der Waals surface area contributed by atoms with E-state index < -0.39 is 11.9 Å². The van der Waals surface area contributed by atoms with Gasteiger partial charge in [-0.15, -0.1) is 0 Å². The SMILES string of the molecule is CCOC(=O)CCC(=O)NNC(=O)Cc1ccccc1. The molecule has 6 nitrogen and oxygen atoms in total. The Morgan fingerprint density at radius 1 is 1.00 bits per heavy atom. The second-order valence-electron chi connectivity index (χ2n) is 4.06. The van der Waals surface area contributed by atoms with Gasteiger partial charge in [0.1, 0.15) is 0 Å². The van der Waals surface area contributed by atoms with Crippen molar-refractivity contribution in [2.24, 2.45) is 0 Å². The molecule has 0 spiro atoms. The third-order valence-corrected chi connectivity index (χ3v) is 2.41. The molecule has 1 rings (SSSR count). The highest BCUT2D eigenvalue weighted by atomic mass is 16.5. The summed E-state index contributed by atoms with van der Waals surface area (Å²) in [7, 11) is 0. The zero-order valence-corrected chi connectivity index (χ0v) is 11.3. The lowest BCUT2D eigenvalue weighted by atomic mass is 10.1. The first-order valence-corrected chi connectivity index (χ1v) is 6.39. The summed E-state index contributed by atoms with van der Waals surface area (Å²) in [6.45, 7) is 1.98. The first kappa shape index (κ1) is 15.7. The molecule has 2 N–H and O–H groups in total. The van der Waals surface area contributed by atoms with E-state index in [1.165, 1.54) is 0 Å². The van der Waals surface area contributed by atoms with E-state index in [2.05, 4.69) is 10.9 Å². The largest absolute Gasteiger partial charge is 0.466 e. The lowest BCUT2D eigenvalue weighted by molar-refractivity contribution is -0.144. The van der Waals surface area contributed by atoms with Crippen LogP contribution in [-0.4, -0.2) is 24.4 Å². The van der Waals surface area contributed by atoms with Gasteiger partial charge in [0.05, 0.1) is 19.4 Å². The van der Waals surface area contributed by atoms with Crippen molar-refractivity contribution in [3.63, 3.8) is 0 Å². The Kier molecular flexibility index (Phi) is 6.81. The molecule has 0 fully saturated rings. The van der Waals surface area contributed by atoms with Crippen molar-refractivity contribution in [2.75, 3.05) is 6.61 Å². The van der Waals surface area contributed by atoms with Crippen molar-refractivity contribution in [1.29, 1.82) is 0 Å². The monoisotopic (exact) mass is 278 g/mol. The number of carbonyl (C=O) groups excluding carboxylic acids is 3. The van der Waals surface area contributed by atoms with Gasteiger partial charge in [0, 0.05) is 6.42 Å². The van der Waals surface area contributed by atoms with Crippen molar-refractivity contribution in [1.82, 2.24) is 10.9 Å². The molecule has 20 heavy (non-hydrogen) atoms. The van der Waals surface area contributed by atoms with Crippen LogP contribution in [0.2, 0.25) is 0 Å². The lowest BCUT2D eigenvalue weighted by Gasteiger charge is -2.07. The fraction of sp³-hybridized carbons (Fsp3) is 0.357. The summed E-state index contributed by atoms with van der Waals surface area (Å²) < 4.78 is 4.69. The Balaban J connectivity index is 2.20. The van der Waals surface area contributed by atoms with E-state index in [9.17, 15) is 14.4 Å². The number of ether oxygens (including phenoxy) is 1. The smallest absolute Gasteiger partial charge is 0.306 e. The van der Waals surface area contributed by atoms with Crippen LogP contribution < -0.4 is 10.9 Å². The van der Waals surface area contributed by atoms with E-state index in [-0.39, 0.29) is 31.8 Å². The molecule has 6 heteroatoms. The van der Waals surface area contributed by atoms with Crippen LogP contribution in [0.3, 0.4) is 0 Å². The standard InChI is InChI=1S/C14H18N2O4/c1-2-20-14(19)9-8-12(17)15-16-13(18)10-11-6-4-3-5-7-11/h3-7H,2,8-10H2,1H3,(H,15,17)(H,16,18). The number of benzene rings is 1. The average Bonchev–Trinajstić information content (AvgIpc) is 2.44. The fourth-order valence-corrected chi connectivity index (χ4v) is 1.48. The maximum atomic E-state index is 11.5. The molecule has 2 amide bonds. The average molecular weight is 278 g/mol. The van der Waals surface area contributed by atoms with Gasteiger partial charge < -0.3 is 4.74 Å². The van der Waals surface area contributed by atoms with Gasteiger partial charge in [-0.3, -0.25) is 25.2 Å². The van der Waals surface area contributed by atoms with E-state index in [0.717, 1.165) is 5.56 Å². The van der Waals surface area contributed by atoms with Crippen LogP contribution in [0.25, 0.3) is 0 Å². The molecule has 0 aromatic heterocycles. The molecule has 0 aliphatic carbocycles. The molecule has 108 valence electrons. The van der Waals surface area contributed by atoms with E-state index in [1.54, 1.807) is 6.92 Å². The number of esters is 1. The Morgan fingerprint density at radius 2 is 1.65 bits per heavy atom. The topological polar surface area (TPSA) is 84.5 Å². The van der Waals surface area contributed by atoms with Gasteiger partial charge in [-0.2, -0.15) is 0 Å². The fourth-order valence-electron chi connectivity index (χ4n) is 1.48. The van der Waals surface area contributed by atoms with Crippen LogP contribution in [0, 0.1) is 0 Å². The van der Waals surface area contributed by atoms with Gasteiger partial charge in [-0.1, -0.05) is 30.3 Å². The van der Waals surface area contributed by atoms with Crippen LogP contribution in [-0.2, 0) is 25.5 Å². The number of carbonyl (C=O) groups is 3. The molecule has 0 saturated heterocycles. The van der Waals surface area contributed by atoms with Gasteiger partial charge >= 0.3 is 5.97 Å². The first-order valence-electron chi connectivity index (χ1n) is 6.39. The highest BCUT2D eigenvalue weighted by Crippen LogP contribution is 1.98. The molecule has 1 aromatic carbocycles. The van der Waals surface area contributed by atoms with Crippen LogP contribution in [0.4, 0.5) is 0 Å². The van der Waals surface area contributed by atoms with Gasteiger partial charge in [-0.25, -0.2) is 0 Å². The number of nitrogens with one attached hydrogen (secondary N) is 2. The van der Waals surface area contributed by atoms with Crippen LogP contribution in [0.1, 0.15) is 25.3 Å². The zero-order valence-electron chi connectivity index (χ0n) is 11.3. The van der Waals surface area contributed by atoms with Crippen LogP contribution >= 0.6 is 0 Å². The first-order chi connectivity index (χ1) is 9.61. The molecule has 0 aliphatic rings. The molecular weight excluding hydrogens is 260 g/mol. The van der Waals surface area contributed by atoms with E-state index in [4.69, 9.17) is 4.74 Å². The number of rotatable bonds is 6. The molecule has 1 aromatic rings. The second-order valence-corrected chi connectivity index (χ2v) is 4.06. The molecule has 0 heterocycles. The van der Waals surface area contributed by atoms with Crippen molar-refractivity contribution < 1.29 is 19.1 Å². The van der Waals surface area contributed by atoms with E-state index >= 15 is 0 Å². The highest BCUT2D eigenvalue weighted by molar-refractivity contribution is 5.85. The summed E-state index contributed by atoms with van der Waals surface area (Å²) in [5.41, 5.74) is 5.40. The van der Waals surface area contributed by atoms with Gasteiger partial charge in [0.25, 0.3) is 0 Å². The molecule has 0 aliphatic heterocycles. The summed E-state index contributed by atoms with van der Waals surface area (Å²) in [5, 5.41) is 0. The predicted molar refractivity (Wildman–Crippen MR) is 72.3 cm³/mol. The number of amides is 2. The number of hydrogen-bond acceptors (Lipinski definition) is 4. The van der Waals surface area contributed by atoms with Crippen LogP contribution in [0.15, 0.2) is 30.3 Å². The minimum atomic E-state index is -0.432. The maximum Gasteiger partial charge on any atom is 0.306 e. The van der Waals surface area contributed by atoms with E-state index in [0.29, 0.717) is 0 Å². The molecule has 0 atom stereocenters. The van der Waals surface area contributed by atoms with Crippen molar-refractivity contribution >= 4 is 17.8 Å². The molecule has 0 bridgehead atoms. The Labute approximate surface area is 117 Å². The third kappa shape index (κ3) is 6.53. The maximum absolute atomic E-state index is 11.5. The Bertz CT molecular complexity index is 460. The minimum Gasteiger partial charge on any atom is -0.466 e. The number of hydrazine groups is 1. The molecular formula is C14H18N2O4. The third-order valence-electron chi connectivity index (χ3n) is 2.41. The Hall–Kier alpha value is -2.37. The van der Waals surface area contributed by atoms with Gasteiger partial charge in [-0.05, 0) is 12.5 Å². The van der Waals surface area contributed by atoms with Crippen LogP contribution in [0.5, 0.6) is 0 Å².